The number of anilines is 1. The maximum Gasteiger partial charge on any atom is 0.242 e. The smallest absolute Gasteiger partial charge is 0.242 e. The van der Waals surface area contributed by atoms with Crippen LogP contribution < -0.4 is 4.72 Å². The molecule has 0 spiro atoms. The number of hydrogen-bond donors (Lipinski definition) is 1. The predicted octanol–water partition coefficient (Wildman–Crippen LogP) is 1.66. The molecule has 1 aliphatic rings. The van der Waals surface area contributed by atoms with Gasteiger partial charge in [-0.1, -0.05) is 24.3 Å². The number of sulfone groups is 1. The number of pyridine rings is 1. The summed E-state index contributed by atoms with van der Waals surface area (Å²) in [6, 6.07) is 9.45. The molecule has 22 heavy (non-hydrogen) atoms. The molecule has 1 N–H and O–H groups in total. The summed E-state index contributed by atoms with van der Waals surface area (Å²) >= 11 is 0. The lowest BCUT2D eigenvalue weighted by Gasteiger charge is -2.13. The minimum atomic E-state index is -3.90. The van der Waals surface area contributed by atoms with E-state index in [1.807, 2.05) is 6.92 Å². The van der Waals surface area contributed by atoms with Crippen LogP contribution in [0, 0.1) is 6.92 Å². The first-order valence-electron chi connectivity index (χ1n) is 6.55. The van der Waals surface area contributed by atoms with Gasteiger partial charge in [-0.3, -0.25) is 4.72 Å². The van der Waals surface area contributed by atoms with E-state index in [0.717, 1.165) is 5.56 Å². The summed E-state index contributed by atoms with van der Waals surface area (Å²) in [4.78, 5) is 4.07. The van der Waals surface area contributed by atoms with Crippen molar-refractivity contribution in [3.63, 3.8) is 0 Å². The van der Waals surface area contributed by atoms with Crippen LogP contribution in [-0.4, -0.2) is 27.6 Å². The minimum absolute atomic E-state index is 0.0854. The molecule has 2 heterocycles. The highest BCUT2D eigenvalue weighted by Gasteiger charge is 2.42. The topological polar surface area (TPSA) is 93.2 Å². The van der Waals surface area contributed by atoms with Crippen LogP contribution in [0.5, 0.6) is 0 Å². The number of fused-ring (bicyclic) bond motifs is 1. The van der Waals surface area contributed by atoms with Gasteiger partial charge in [-0.2, -0.15) is 0 Å². The van der Waals surface area contributed by atoms with Crippen molar-refractivity contribution in [1.82, 2.24) is 4.98 Å². The number of sulfonamides is 1. The SMILES string of the molecule is Cc1ccc(NS(=O)(=O)[C@H]2CS(=O)(=O)c3ccccc32)nc1. The lowest BCUT2D eigenvalue weighted by molar-refractivity contribution is 0.586. The van der Waals surface area contributed by atoms with Gasteiger partial charge < -0.3 is 0 Å². The van der Waals surface area contributed by atoms with E-state index in [2.05, 4.69) is 9.71 Å². The summed E-state index contributed by atoms with van der Waals surface area (Å²) in [5.74, 6) is -0.277. The molecule has 0 aliphatic carbocycles. The van der Waals surface area contributed by atoms with E-state index < -0.39 is 30.9 Å². The fraction of sp³-hybridized carbons (Fsp3) is 0.214. The third-order valence-corrected chi connectivity index (χ3v) is 7.19. The van der Waals surface area contributed by atoms with Gasteiger partial charge in [-0.05, 0) is 30.2 Å². The normalized spacial score (nSPS) is 19.6. The number of benzene rings is 1. The van der Waals surface area contributed by atoms with E-state index in [9.17, 15) is 16.8 Å². The van der Waals surface area contributed by atoms with Crippen molar-refractivity contribution < 1.29 is 16.8 Å². The van der Waals surface area contributed by atoms with Crippen LogP contribution in [0.1, 0.15) is 16.4 Å². The molecule has 1 aromatic carbocycles. The van der Waals surface area contributed by atoms with Crippen LogP contribution in [0.15, 0.2) is 47.5 Å². The van der Waals surface area contributed by atoms with E-state index >= 15 is 0 Å². The molecule has 6 nitrogen and oxygen atoms in total. The van der Waals surface area contributed by atoms with Crippen LogP contribution in [0.2, 0.25) is 0 Å². The fourth-order valence-corrected chi connectivity index (χ4v) is 6.45. The van der Waals surface area contributed by atoms with Crippen molar-refractivity contribution in [3.05, 3.63) is 53.7 Å². The Bertz CT molecular complexity index is 920. The van der Waals surface area contributed by atoms with Gasteiger partial charge in [0.15, 0.2) is 9.84 Å². The highest BCUT2D eigenvalue weighted by atomic mass is 32.2. The third-order valence-electron chi connectivity index (χ3n) is 3.50. The van der Waals surface area contributed by atoms with Gasteiger partial charge in [-0.15, -0.1) is 0 Å². The summed E-state index contributed by atoms with van der Waals surface area (Å²) in [5, 5.41) is -1.13. The van der Waals surface area contributed by atoms with E-state index in [1.54, 1.807) is 24.3 Å². The summed E-state index contributed by atoms with van der Waals surface area (Å²) < 4.78 is 51.6. The second kappa shape index (κ2) is 5.06. The molecule has 0 unspecified atom stereocenters. The molecule has 1 aromatic heterocycles. The van der Waals surface area contributed by atoms with Crippen LogP contribution in [0.25, 0.3) is 0 Å². The molecule has 0 saturated heterocycles. The van der Waals surface area contributed by atoms with Crippen molar-refractivity contribution in [2.45, 2.75) is 17.1 Å². The maximum absolute atomic E-state index is 12.5. The van der Waals surface area contributed by atoms with Crippen molar-refractivity contribution in [1.29, 1.82) is 0 Å². The average Bonchev–Trinajstić information content (AvgIpc) is 2.75. The molecule has 8 heteroatoms. The first kappa shape index (κ1) is 15.0. The molecule has 0 bridgehead atoms. The zero-order chi connectivity index (χ0) is 16.0. The first-order valence-corrected chi connectivity index (χ1v) is 9.75. The molecule has 2 aromatic rings. The summed E-state index contributed by atoms with van der Waals surface area (Å²) in [5.41, 5.74) is 1.21. The number of nitrogens with one attached hydrogen (secondary N) is 1. The number of hydrogen-bond acceptors (Lipinski definition) is 5. The van der Waals surface area contributed by atoms with Gasteiger partial charge in [0.05, 0.1) is 10.6 Å². The standard InChI is InChI=1S/C14H14N2O4S2/c1-10-6-7-14(15-8-10)16-22(19,20)13-9-21(17,18)12-5-3-2-4-11(12)13/h2-8,13H,9H2,1H3,(H,15,16)/t13-/m0/s1. The van der Waals surface area contributed by atoms with E-state index in [-0.39, 0.29) is 10.7 Å². The molecule has 3 rings (SSSR count). The molecular formula is C14H14N2O4S2. The first-order chi connectivity index (χ1) is 10.3. The summed E-state index contributed by atoms with van der Waals surface area (Å²) in [7, 11) is -7.48. The molecule has 0 radical (unpaired) electrons. The van der Waals surface area contributed by atoms with Gasteiger partial charge in [0, 0.05) is 6.20 Å². The number of rotatable bonds is 3. The average molecular weight is 338 g/mol. The second-order valence-corrected chi connectivity index (χ2v) is 9.04. The summed E-state index contributed by atoms with van der Waals surface area (Å²) in [6.07, 6.45) is 1.54. The van der Waals surface area contributed by atoms with Gasteiger partial charge in [0.2, 0.25) is 10.0 Å². The lowest BCUT2D eigenvalue weighted by atomic mass is 10.2. The highest BCUT2D eigenvalue weighted by Crippen LogP contribution is 2.38. The summed E-state index contributed by atoms with van der Waals surface area (Å²) in [6.45, 7) is 1.84. The zero-order valence-electron chi connectivity index (χ0n) is 11.7. The molecule has 1 aliphatic heterocycles. The predicted molar refractivity (Wildman–Crippen MR) is 82.8 cm³/mol. The lowest BCUT2D eigenvalue weighted by Crippen LogP contribution is -2.23. The van der Waals surface area contributed by atoms with Gasteiger partial charge >= 0.3 is 0 Å². The van der Waals surface area contributed by atoms with Crippen LogP contribution in [-0.2, 0) is 19.9 Å². The Hall–Kier alpha value is -1.93. The van der Waals surface area contributed by atoms with E-state index in [1.165, 1.54) is 18.3 Å². The molecule has 0 amide bonds. The van der Waals surface area contributed by atoms with Crippen molar-refractivity contribution in [3.8, 4) is 0 Å². The Labute approximate surface area is 129 Å². The van der Waals surface area contributed by atoms with Gasteiger partial charge in [0.25, 0.3) is 0 Å². The van der Waals surface area contributed by atoms with Crippen LogP contribution in [0.4, 0.5) is 5.82 Å². The fourth-order valence-electron chi connectivity index (χ4n) is 2.41. The van der Waals surface area contributed by atoms with Crippen LogP contribution in [0.3, 0.4) is 0 Å². The maximum atomic E-state index is 12.5. The van der Waals surface area contributed by atoms with E-state index in [4.69, 9.17) is 0 Å². The largest absolute Gasteiger partial charge is 0.267 e. The molecule has 1 atom stereocenters. The van der Waals surface area contributed by atoms with Gasteiger partial charge in [0.1, 0.15) is 11.1 Å². The van der Waals surface area contributed by atoms with Crippen molar-refractivity contribution in [2.24, 2.45) is 0 Å². The highest BCUT2D eigenvalue weighted by molar-refractivity contribution is 7.96. The Kier molecular flexibility index (Phi) is 3.45. The van der Waals surface area contributed by atoms with Crippen molar-refractivity contribution in [2.75, 3.05) is 10.5 Å². The van der Waals surface area contributed by atoms with Crippen LogP contribution >= 0.6 is 0 Å². The Balaban J connectivity index is 1.99. The number of aromatic nitrogens is 1. The Morgan fingerprint density at radius 1 is 1.18 bits per heavy atom. The zero-order valence-corrected chi connectivity index (χ0v) is 13.4. The van der Waals surface area contributed by atoms with Crippen molar-refractivity contribution >= 4 is 25.7 Å². The van der Waals surface area contributed by atoms with E-state index in [0.29, 0.717) is 5.56 Å². The molecule has 0 fully saturated rings. The third kappa shape index (κ3) is 2.59. The molecule has 116 valence electrons. The number of aryl methyl sites for hydroxylation is 1. The number of nitrogens with zero attached hydrogens (tertiary/aromatic N) is 1. The minimum Gasteiger partial charge on any atom is -0.267 e. The molecular weight excluding hydrogens is 324 g/mol. The Morgan fingerprint density at radius 3 is 2.59 bits per heavy atom. The quantitative estimate of drug-likeness (QED) is 0.919. The van der Waals surface area contributed by atoms with Gasteiger partial charge in [-0.25, -0.2) is 21.8 Å². The molecule has 0 saturated carbocycles. The second-order valence-electron chi connectivity index (χ2n) is 5.18. The monoisotopic (exact) mass is 338 g/mol. The Morgan fingerprint density at radius 2 is 1.91 bits per heavy atom.